The highest BCUT2D eigenvalue weighted by Crippen LogP contribution is 2.34. The van der Waals surface area contributed by atoms with Gasteiger partial charge in [0.05, 0.1) is 11.1 Å². The van der Waals surface area contributed by atoms with Crippen LogP contribution in [0.5, 0.6) is 0 Å². The highest BCUT2D eigenvalue weighted by atomic mass is 19.4. The molecule has 2 aromatic heterocycles. The molecule has 0 aliphatic carbocycles. The second-order valence-electron chi connectivity index (χ2n) is 8.57. The smallest absolute Gasteiger partial charge is 0.355 e. The number of fused-ring (bicyclic) bond motifs is 1. The number of aryl methyl sites for hydroxylation is 1. The predicted octanol–water partition coefficient (Wildman–Crippen LogP) is 7.20. The van der Waals surface area contributed by atoms with E-state index >= 15 is 0 Å². The second kappa shape index (κ2) is 9.28. The maximum absolute atomic E-state index is 13.1. The number of hydrogen-bond acceptors (Lipinski definition) is 4. The van der Waals surface area contributed by atoms with Gasteiger partial charge in [-0.1, -0.05) is 48.0 Å². The largest absolute Gasteiger partial charge is 0.416 e. The number of nitrogens with one attached hydrogen (secondary N) is 2. The zero-order valence-electron chi connectivity index (χ0n) is 19.5. The molecule has 2 heterocycles. The van der Waals surface area contributed by atoms with E-state index in [1.807, 2.05) is 49.4 Å². The Balaban J connectivity index is 1.47. The van der Waals surface area contributed by atoms with Crippen LogP contribution in [0.1, 0.15) is 16.7 Å². The molecule has 0 saturated heterocycles. The normalized spacial score (nSPS) is 11.3. The molecular formula is C29H19F3N4O. The summed E-state index contributed by atoms with van der Waals surface area (Å²) in [6.45, 7) is 1.96. The first kappa shape index (κ1) is 23.8. The molecule has 5 rings (SSSR count). The summed E-state index contributed by atoms with van der Waals surface area (Å²) < 4.78 is 39.2. The molecule has 0 aliphatic rings. The standard InChI is InChI=1S/C29H19F3N4O/c1-17-2-4-18(5-3-17)23-15-26(36-28(37)24(23)16-33)19-6-9-21(10-7-19)35-25-12-13-34-27-14-20(29(30,31)32)8-11-22(25)27/h2-15H,1H3,(H,34,35)(H,36,37). The van der Waals surface area contributed by atoms with Crippen LogP contribution in [0.3, 0.4) is 0 Å². The van der Waals surface area contributed by atoms with Crippen LogP contribution in [0.2, 0.25) is 0 Å². The Morgan fingerprint density at radius 2 is 1.62 bits per heavy atom. The fourth-order valence-corrected chi connectivity index (χ4v) is 4.11. The van der Waals surface area contributed by atoms with Gasteiger partial charge in [-0.3, -0.25) is 9.78 Å². The first-order valence-corrected chi connectivity index (χ1v) is 11.3. The highest BCUT2D eigenvalue weighted by Gasteiger charge is 2.30. The van der Waals surface area contributed by atoms with E-state index in [4.69, 9.17) is 0 Å². The van der Waals surface area contributed by atoms with Crippen molar-refractivity contribution in [3.63, 3.8) is 0 Å². The van der Waals surface area contributed by atoms with Gasteiger partial charge in [0.2, 0.25) is 0 Å². The number of aromatic nitrogens is 2. The van der Waals surface area contributed by atoms with Crippen LogP contribution >= 0.6 is 0 Å². The minimum Gasteiger partial charge on any atom is -0.355 e. The molecule has 0 fully saturated rings. The number of hydrogen-bond donors (Lipinski definition) is 2. The lowest BCUT2D eigenvalue weighted by molar-refractivity contribution is -0.137. The number of rotatable bonds is 4. The van der Waals surface area contributed by atoms with E-state index in [-0.39, 0.29) is 11.1 Å². The number of nitrogens with zero attached hydrogens (tertiary/aromatic N) is 2. The van der Waals surface area contributed by atoms with Gasteiger partial charge in [-0.25, -0.2) is 0 Å². The molecule has 0 amide bonds. The van der Waals surface area contributed by atoms with Gasteiger partial charge in [0.15, 0.2) is 0 Å². The number of aromatic amines is 1. The van der Waals surface area contributed by atoms with Crippen molar-refractivity contribution in [2.24, 2.45) is 0 Å². The molecule has 0 radical (unpaired) electrons. The van der Waals surface area contributed by atoms with Gasteiger partial charge >= 0.3 is 6.18 Å². The molecule has 2 N–H and O–H groups in total. The maximum Gasteiger partial charge on any atom is 0.416 e. The number of alkyl halides is 3. The van der Waals surface area contributed by atoms with Gasteiger partial charge < -0.3 is 10.3 Å². The lowest BCUT2D eigenvalue weighted by Gasteiger charge is -2.12. The Labute approximate surface area is 209 Å². The summed E-state index contributed by atoms with van der Waals surface area (Å²) in [5.74, 6) is 0. The average Bonchev–Trinajstić information content (AvgIpc) is 2.88. The van der Waals surface area contributed by atoms with Gasteiger partial charge in [0, 0.05) is 34.2 Å². The number of H-pyrrole nitrogens is 1. The molecule has 37 heavy (non-hydrogen) atoms. The van der Waals surface area contributed by atoms with Crippen LogP contribution in [-0.2, 0) is 6.18 Å². The van der Waals surface area contributed by atoms with Crippen molar-refractivity contribution in [2.45, 2.75) is 13.1 Å². The fraction of sp³-hybridized carbons (Fsp3) is 0.0690. The quantitative estimate of drug-likeness (QED) is 0.276. The van der Waals surface area contributed by atoms with Crippen molar-refractivity contribution >= 4 is 22.3 Å². The molecule has 0 atom stereocenters. The Morgan fingerprint density at radius 3 is 2.30 bits per heavy atom. The molecule has 0 aliphatic heterocycles. The number of nitriles is 1. The van der Waals surface area contributed by atoms with Crippen LogP contribution in [0.15, 0.2) is 89.9 Å². The minimum atomic E-state index is -4.44. The molecule has 0 bridgehead atoms. The molecule has 5 nitrogen and oxygen atoms in total. The van der Waals surface area contributed by atoms with Crippen LogP contribution in [-0.4, -0.2) is 9.97 Å². The summed E-state index contributed by atoms with van der Waals surface area (Å²) in [5.41, 5.74) is 4.03. The van der Waals surface area contributed by atoms with Crippen LogP contribution < -0.4 is 10.9 Å². The van der Waals surface area contributed by atoms with Crippen molar-refractivity contribution in [3.8, 4) is 28.5 Å². The molecule has 0 saturated carbocycles. The van der Waals surface area contributed by atoms with Crippen LogP contribution in [0, 0.1) is 18.3 Å². The zero-order chi connectivity index (χ0) is 26.2. The van der Waals surface area contributed by atoms with Gasteiger partial charge in [0.1, 0.15) is 11.6 Å². The summed E-state index contributed by atoms with van der Waals surface area (Å²) in [6.07, 6.45) is -2.99. The number of pyridine rings is 2. The molecule has 5 aromatic rings. The third-order valence-electron chi connectivity index (χ3n) is 6.05. The van der Waals surface area contributed by atoms with E-state index in [0.717, 1.165) is 28.8 Å². The number of benzene rings is 3. The maximum atomic E-state index is 13.1. The lowest BCUT2D eigenvalue weighted by Crippen LogP contribution is -2.12. The summed E-state index contributed by atoms with van der Waals surface area (Å²) in [4.78, 5) is 19.5. The Kier molecular flexibility index (Phi) is 5.98. The Bertz CT molecular complexity index is 1720. The SMILES string of the molecule is Cc1ccc(-c2cc(-c3ccc(Nc4ccnc5cc(C(F)(F)F)ccc45)cc3)[nH]c(=O)c2C#N)cc1. The van der Waals surface area contributed by atoms with Crippen LogP contribution in [0.25, 0.3) is 33.3 Å². The monoisotopic (exact) mass is 496 g/mol. The minimum absolute atomic E-state index is 0.0455. The average molecular weight is 496 g/mol. The third kappa shape index (κ3) is 4.80. The molecule has 182 valence electrons. The number of anilines is 2. The van der Waals surface area contributed by atoms with Crippen molar-refractivity contribution in [1.82, 2.24) is 9.97 Å². The van der Waals surface area contributed by atoms with Crippen molar-refractivity contribution in [2.75, 3.05) is 5.32 Å². The predicted molar refractivity (Wildman–Crippen MR) is 137 cm³/mol. The van der Waals surface area contributed by atoms with Crippen molar-refractivity contribution in [3.05, 3.63) is 112 Å². The van der Waals surface area contributed by atoms with Gasteiger partial charge in [0.25, 0.3) is 5.56 Å². The molecule has 0 unspecified atom stereocenters. The summed E-state index contributed by atoms with van der Waals surface area (Å²) in [5, 5.41) is 13.3. The summed E-state index contributed by atoms with van der Waals surface area (Å²) >= 11 is 0. The number of halogens is 3. The molecular weight excluding hydrogens is 477 g/mol. The van der Waals surface area contributed by atoms with Gasteiger partial charge in [-0.05, 0) is 54.4 Å². The van der Waals surface area contributed by atoms with Crippen LogP contribution in [0.4, 0.5) is 24.5 Å². The Hall–Kier alpha value is -4.90. The molecule has 8 heteroatoms. The first-order chi connectivity index (χ1) is 17.7. The topological polar surface area (TPSA) is 81.6 Å². The summed E-state index contributed by atoms with van der Waals surface area (Å²) in [6, 6.07) is 23.7. The highest BCUT2D eigenvalue weighted by molar-refractivity contribution is 5.93. The molecule has 3 aromatic carbocycles. The Morgan fingerprint density at radius 1 is 0.919 bits per heavy atom. The van der Waals surface area contributed by atoms with E-state index in [1.165, 1.54) is 12.3 Å². The lowest BCUT2D eigenvalue weighted by atomic mass is 9.98. The van der Waals surface area contributed by atoms with E-state index in [1.54, 1.807) is 24.3 Å². The van der Waals surface area contributed by atoms with E-state index < -0.39 is 17.3 Å². The zero-order valence-corrected chi connectivity index (χ0v) is 19.5. The first-order valence-electron chi connectivity index (χ1n) is 11.3. The summed E-state index contributed by atoms with van der Waals surface area (Å²) in [7, 11) is 0. The second-order valence-corrected chi connectivity index (χ2v) is 8.57. The molecule has 0 spiro atoms. The van der Waals surface area contributed by atoms with Gasteiger partial charge in [-0.15, -0.1) is 0 Å². The fourth-order valence-electron chi connectivity index (χ4n) is 4.11. The van der Waals surface area contributed by atoms with E-state index in [2.05, 4.69) is 15.3 Å². The third-order valence-corrected chi connectivity index (χ3v) is 6.05. The van der Waals surface area contributed by atoms with E-state index in [9.17, 15) is 23.2 Å². The van der Waals surface area contributed by atoms with Crippen molar-refractivity contribution < 1.29 is 13.2 Å². The van der Waals surface area contributed by atoms with Crippen molar-refractivity contribution in [1.29, 1.82) is 5.26 Å². The van der Waals surface area contributed by atoms with Gasteiger partial charge in [-0.2, -0.15) is 18.4 Å². The van der Waals surface area contributed by atoms with E-state index in [0.29, 0.717) is 28.0 Å².